The van der Waals surface area contributed by atoms with E-state index in [4.69, 9.17) is 0 Å². The van der Waals surface area contributed by atoms with Gasteiger partial charge in [-0.15, -0.1) is 0 Å². The topological polar surface area (TPSA) is 17.1 Å². The van der Waals surface area contributed by atoms with E-state index >= 15 is 0 Å². The maximum atomic E-state index is 11.4. The quantitative estimate of drug-likeness (QED) is 0.597. The average Bonchev–Trinajstić information content (AvgIpc) is 2.04. The molecule has 0 aliphatic heterocycles. The zero-order valence-corrected chi connectivity index (χ0v) is 7.60. The molecule has 2 unspecified atom stereocenters. The van der Waals surface area contributed by atoms with Crippen LogP contribution in [0, 0.1) is 11.8 Å². The van der Waals surface area contributed by atoms with Crippen LogP contribution in [0.25, 0.3) is 0 Å². The molecule has 1 saturated carbocycles. The van der Waals surface area contributed by atoms with Crippen molar-refractivity contribution < 1.29 is 4.79 Å². The van der Waals surface area contributed by atoms with Gasteiger partial charge in [0.15, 0.2) is 0 Å². The van der Waals surface area contributed by atoms with E-state index in [0.29, 0.717) is 17.6 Å². The molecule has 1 aliphatic carbocycles. The van der Waals surface area contributed by atoms with E-state index in [9.17, 15) is 4.79 Å². The smallest absolute Gasteiger partial charge is 0.136 e. The molecule has 0 bridgehead atoms. The normalized spacial score (nSPS) is 32.4. The summed E-state index contributed by atoms with van der Waals surface area (Å²) in [6.07, 6.45) is 5.49. The Morgan fingerprint density at radius 2 is 2.09 bits per heavy atom. The van der Waals surface area contributed by atoms with Gasteiger partial charge in [-0.2, -0.15) is 0 Å². The van der Waals surface area contributed by atoms with Crippen LogP contribution < -0.4 is 0 Å². The van der Waals surface area contributed by atoms with Crippen LogP contribution >= 0.6 is 0 Å². The van der Waals surface area contributed by atoms with Gasteiger partial charge in [0, 0.05) is 12.3 Å². The molecule has 0 amide bonds. The molecule has 11 heavy (non-hydrogen) atoms. The van der Waals surface area contributed by atoms with Gasteiger partial charge in [-0.3, -0.25) is 4.79 Å². The molecule has 1 aliphatic rings. The van der Waals surface area contributed by atoms with E-state index < -0.39 is 0 Å². The lowest BCUT2D eigenvalue weighted by Gasteiger charge is -2.28. The molecule has 0 saturated heterocycles. The molecule has 0 aromatic heterocycles. The maximum absolute atomic E-state index is 11.4. The van der Waals surface area contributed by atoms with Crippen LogP contribution in [0.1, 0.15) is 46.0 Å². The van der Waals surface area contributed by atoms with Crippen LogP contribution in [0.15, 0.2) is 0 Å². The van der Waals surface area contributed by atoms with Crippen molar-refractivity contribution in [1.82, 2.24) is 0 Å². The summed E-state index contributed by atoms with van der Waals surface area (Å²) in [5.74, 6) is 1.61. The number of hydrogen-bond donors (Lipinski definition) is 0. The SMILES string of the molecule is CCC1CCCC(=O)C1CC. The van der Waals surface area contributed by atoms with Crippen LogP contribution in [0.2, 0.25) is 0 Å². The van der Waals surface area contributed by atoms with Crippen LogP contribution in [-0.2, 0) is 4.79 Å². The molecule has 2 atom stereocenters. The second kappa shape index (κ2) is 3.89. The average molecular weight is 154 g/mol. The first kappa shape index (κ1) is 8.76. The predicted octanol–water partition coefficient (Wildman–Crippen LogP) is 2.79. The van der Waals surface area contributed by atoms with Crippen LogP contribution in [-0.4, -0.2) is 5.78 Å². The second-order valence-corrected chi connectivity index (χ2v) is 3.54. The van der Waals surface area contributed by atoms with Gasteiger partial charge < -0.3 is 0 Å². The monoisotopic (exact) mass is 154 g/mol. The lowest BCUT2D eigenvalue weighted by atomic mass is 9.76. The Kier molecular flexibility index (Phi) is 3.10. The van der Waals surface area contributed by atoms with Crippen molar-refractivity contribution in [2.45, 2.75) is 46.0 Å². The fourth-order valence-electron chi connectivity index (χ4n) is 2.24. The Bertz CT molecular complexity index is 140. The highest BCUT2D eigenvalue weighted by Crippen LogP contribution is 2.31. The van der Waals surface area contributed by atoms with Gasteiger partial charge in [-0.25, -0.2) is 0 Å². The van der Waals surface area contributed by atoms with Crippen molar-refractivity contribution in [1.29, 1.82) is 0 Å². The molecule has 0 aromatic carbocycles. The Morgan fingerprint density at radius 1 is 1.36 bits per heavy atom. The minimum absolute atomic E-state index is 0.397. The van der Waals surface area contributed by atoms with Gasteiger partial charge >= 0.3 is 0 Å². The minimum atomic E-state index is 0.397. The summed E-state index contributed by atoms with van der Waals surface area (Å²) in [7, 11) is 0. The Morgan fingerprint density at radius 3 is 2.55 bits per heavy atom. The first-order valence-electron chi connectivity index (χ1n) is 4.82. The predicted molar refractivity (Wildman–Crippen MR) is 46.4 cm³/mol. The summed E-state index contributed by atoms with van der Waals surface area (Å²) in [5, 5.41) is 0. The summed E-state index contributed by atoms with van der Waals surface area (Å²) in [5.41, 5.74) is 0. The first-order chi connectivity index (χ1) is 5.29. The zero-order valence-electron chi connectivity index (χ0n) is 7.60. The Labute approximate surface area is 69.2 Å². The molecular weight excluding hydrogens is 136 g/mol. The van der Waals surface area contributed by atoms with Crippen molar-refractivity contribution in [3.8, 4) is 0 Å². The van der Waals surface area contributed by atoms with E-state index in [0.717, 1.165) is 19.3 Å². The van der Waals surface area contributed by atoms with E-state index in [-0.39, 0.29) is 0 Å². The molecule has 0 N–H and O–H groups in total. The van der Waals surface area contributed by atoms with Crippen molar-refractivity contribution in [3.63, 3.8) is 0 Å². The standard InChI is InChI=1S/C10H18O/c1-3-8-6-5-7-10(11)9(8)4-2/h8-9H,3-7H2,1-2H3. The summed E-state index contributed by atoms with van der Waals surface area (Å²) in [6, 6.07) is 0. The Balaban J connectivity index is 2.56. The third-order valence-electron chi connectivity index (χ3n) is 2.94. The summed E-state index contributed by atoms with van der Waals surface area (Å²) in [6.45, 7) is 4.34. The van der Waals surface area contributed by atoms with Crippen LogP contribution in [0.5, 0.6) is 0 Å². The van der Waals surface area contributed by atoms with Gasteiger partial charge in [0.2, 0.25) is 0 Å². The minimum Gasteiger partial charge on any atom is -0.299 e. The van der Waals surface area contributed by atoms with E-state index in [2.05, 4.69) is 13.8 Å². The van der Waals surface area contributed by atoms with Crippen LogP contribution in [0.4, 0.5) is 0 Å². The van der Waals surface area contributed by atoms with Gasteiger partial charge in [0.05, 0.1) is 0 Å². The number of Topliss-reactive ketones (excluding diaryl/α,β-unsaturated/α-hetero) is 1. The van der Waals surface area contributed by atoms with Crippen molar-refractivity contribution in [2.24, 2.45) is 11.8 Å². The van der Waals surface area contributed by atoms with E-state index in [1.165, 1.54) is 12.8 Å². The van der Waals surface area contributed by atoms with Gasteiger partial charge in [-0.1, -0.05) is 20.3 Å². The third kappa shape index (κ3) is 1.82. The number of rotatable bonds is 2. The Hall–Kier alpha value is -0.330. The fraction of sp³-hybridized carbons (Fsp3) is 0.900. The molecule has 0 radical (unpaired) electrons. The maximum Gasteiger partial charge on any atom is 0.136 e. The summed E-state index contributed by atoms with van der Waals surface area (Å²) >= 11 is 0. The lowest BCUT2D eigenvalue weighted by Crippen LogP contribution is -2.27. The highest BCUT2D eigenvalue weighted by Gasteiger charge is 2.28. The van der Waals surface area contributed by atoms with Crippen molar-refractivity contribution in [3.05, 3.63) is 0 Å². The molecule has 1 rings (SSSR count). The summed E-state index contributed by atoms with van der Waals surface area (Å²) in [4.78, 5) is 11.4. The van der Waals surface area contributed by atoms with Crippen molar-refractivity contribution in [2.75, 3.05) is 0 Å². The highest BCUT2D eigenvalue weighted by molar-refractivity contribution is 5.81. The molecule has 1 heteroatoms. The van der Waals surface area contributed by atoms with Crippen LogP contribution in [0.3, 0.4) is 0 Å². The first-order valence-corrected chi connectivity index (χ1v) is 4.82. The largest absolute Gasteiger partial charge is 0.299 e. The third-order valence-corrected chi connectivity index (χ3v) is 2.94. The molecule has 0 heterocycles. The van der Waals surface area contributed by atoms with Crippen molar-refractivity contribution >= 4 is 5.78 Å². The van der Waals surface area contributed by atoms with Gasteiger partial charge in [-0.05, 0) is 25.2 Å². The van der Waals surface area contributed by atoms with E-state index in [1.54, 1.807) is 0 Å². The molecule has 64 valence electrons. The molecule has 0 aromatic rings. The number of ketones is 1. The summed E-state index contributed by atoms with van der Waals surface area (Å²) < 4.78 is 0. The fourth-order valence-corrected chi connectivity index (χ4v) is 2.24. The lowest BCUT2D eigenvalue weighted by molar-refractivity contribution is -0.126. The number of hydrogen-bond acceptors (Lipinski definition) is 1. The number of carbonyl (C=O) groups excluding carboxylic acids is 1. The molecular formula is C10H18O. The molecule has 1 nitrogen and oxygen atoms in total. The zero-order chi connectivity index (χ0) is 8.27. The number of carbonyl (C=O) groups is 1. The second-order valence-electron chi connectivity index (χ2n) is 3.54. The highest BCUT2D eigenvalue weighted by atomic mass is 16.1. The van der Waals surface area contributed by atoms with Gasteiger partial charge in [0.25, 0.3) is 0 Å². The van der Waals surface area contributed by atoms with Gasteiger partial charge in [0.1, 0.15) is 5.78 Å². The molecule has 1 fully saturated rings. The molecule has 0 spiro atoms. The van der Waals surface area contributed by atoms with E-state index in [1.807, 2.05) is 0 Å².